The number of hydrogen-bond donors (Lipinski definition) is 2. The Balaban J connectivity index is 0.000000960. The molecule has 3 aliphatic rings. The van der Waals surface area contributed by atoms with Gasteiger partial charge in [0.25, 0.3) is 0 Å². The fourth-order valence-corrected chi connectivity index (χ4v) is 4.05. The quantitative estimate of drug-likeness (QED) is 0.867. The second kappa shape index (κ2) is 7.41. The monoisotopic (exact) mass is 360 g/mol. The smallest absolute Gasteiger partial charge is 0.224 e. The molecule has 23 heavy (non-hydrogen) atoms. The first-order valence-corrected chi connectivity index (χ1v) is 8.30. The minimum Gasteiger partial charge on any atom is -0.350 e. The standard InChI is InChI=1S/C16H24N4O.2ClH/c21-15(13-9-16(13)4-6-17-7-5-16)18-10-12-11-20-8-2-1-3-14(20)19-12;;/h11,13,17H,1-10H2,(H,18,21);2*1H. The summed E-state index contributed by atoms with van der Waals surface area (Å²) in [6, 6.07) is 0. The summed E-state index contributed by atoms with van der Waals surface area (Å²) in [4.78, 5) is 17.0. The van der Waals surface area contributed by atoms with Crippen LogP contribution in [-0.2, 0) is 24.3 Å². The molecule has 1 saturated heterocycles. The van der Waals surface area contributed by atoms with Crippen LogP contribution < -0.4 is 10.6 Å². The van der Waals surface area contributed by atoms with Gasteiger partial charge in [0.15, 0.2) is 0 Å². The van der Waals surface area contributed by atoms with E-state index in [1.807, 2.05) is 0 Å². The van der Waals surface area contributed by atoms with Crippen LogP contribution in [0.5, 0.6) is 0 Å². The van der Waals surface area contributed by atoms with Crippen molar-refractivity contribution >= 4 is 30.7 Å². The minimum absolute atomic E-state index is 0. The third-order valence-corrected chi connectivity index (χ3v) is 5.51. The van der Waals surface area contributed by atoms with Crippen molar-refractivity contribution in [2.24, 2.45) is 11.3 Å². The lowest BCUT2D eigenvalue weighted by Gasteiger charge is -2.23. The predicted molar refractivity (Wildman–Crippen MR) is 94.2 cm³/mol. The minimum atomic E-state index is 0. The van der Waals surface area contributed by atoms with Crippen molar-refractivity contribution in [3.8, 4) is 0 Å². The largest absolute Gasteiger partial charge is 0.350 e. The number of nitrogens with one attached hydrogen (secondary N) is 2. The number of carbonyl (C=O) groups excluding carboxylic acids is 1. The zero-order chi connectivity index (χ0) is 14.3. The molecule has 1 atom stereocenters. The number of aryl methyl sites for hydroxylation is 2. The summed E-state index contributed by atoms with van der Waals surface area (Å²) in [6.07, 6.45) is 9.07. The molecule has 0 aromatic carbocycles. The van der Waals surface area contributed by atoms with Gasteiger partial charge in [-0.25, -0.2) is 4.98 Å². The average molecular weight is 361 g/mol. The molecule has 130 valence electrons. The van der Waals surface area contributed by atoms with Gasteiger partial charge >= 0.3 is 0 Å². The van der Waals surface area contributed by atoms with Gasteiger partial charge in [-0.1, -0.05) is 0 Å². The number of halogens is 2. The summed E-state index contributed by atoms with van der Waals surface area (Å²) in [7, 11) is 0. The SMILES string of the molecule is Cl.Cl.O=C(NCc1cn2c(n1)CCCC2)C1CC12CCNCC2. The predicted octanol–water partition coefficient (Wildman–Crippen LogP) is 2.07. The third kappa shape index (κ3) is 3.67. The molecular formula is C16H26Cl2N4O. The number of aromatic nitrogens is 2. The fourth-order valence-electron chi connectivity index (χ4n) is 4.05. The Hall–Kier alpha value is -0.780. The molecule has 4 rings (SSSR count). The summed E-state index contributed by atoms with van der Waals surface area (Å²) >= 11 is 0. The number of nitrogens with zero attached hydrogens (tertiary/aromatic N) is 2. The normalized spacial score (nSPS) is 24.1. The van der Waals surface area contributed by atoms with Crippen molar-refractivity contribution in [2.45, 2.75) is 51.6 Å². The molecule has 1 amide bonds. The molecule has 5 nitrogen and oxygen atoms in total. The van der Waals surface area contributed by atoms with Crippen molar-refractivity contribution in [3.63, 3.8) is 0 Å². The molecule has 0 bridgehead atoms. The van der Waals surface area contributed by atoms with Gasteiger partial charge in [-0.05, 0) is 50.6 Å². The van der Waals surface area contributed by atoms with E-state index in [1.165, 1.54) is 18.7 Å². The summed E-state index contributed by atoms with van der Waals surface area (Å²) in [6.45, 7) is 3.80. The van der Waals surface area contributed by atoms with Crippen LogP contribution in [0.3, 0.4) is 0 Å². The Kier molecular flexibility index (Phi) is 5.98. The molecule has 1 aromatic heterocycles. The lowest BCUT2D eigenvalue weighted by molar-refractivity contribution is -0.123. The van der Waals surface area contributed by atoms with E-state index < -0.39 is 0 Å². The van der Waals surface area contributed by atoms with E-state index in [4.69, 9.17) is 0 Å². The van der Waals surface area contributed by atoms with Crippen molar-refractivity contribution in [3.05, 3.63) is 17.7 Å². The third-order valence-electron chi connectivity index (χ3n) is 5.51. The lowest BCUT2D eigenvalue weighted by atomic mass is 9.92. The van der Waals surface area contributed by atoms with Crippen molar-refractivity contribution in [1.29, 1.82) is 0 Å². The lowest BCUT2D eigenvalue weighted by Crippen LogP contribution is -2.33. The zero-order valence-electron chi connectivity index (χ0n) is 13.3. The molecule has 1 spiro atoms. The Morgan fingerprint density at radius 2 is 2.13 bits per heavy atom. The van der Waals surface area contributed by atoms with Crippen LogP contribution in [0, 0.1) is 11.3 Å². The molecule has 0 radical (unpaired) electrons. The van der Waals surface area contributed by atoms with Gasteiger partial charge in [-0.15, -0.1) is 24.8 Å². The molecular weight excluding hydrogens is 335 g/mol. The van der Waals surface area contributed by atoms with E-state index >= 15 is 0 Å². The van der Waals surface area contributed by atoms with Gasteiger partial charge in [0, 0.05) is 25.1 Å². The van der Waals surface area contributed by atoms with Gasteiger partial charge in [0.2, 0.25) is 5.91 Å². The molecule has 3 heterocycles. The van der Waals surface area contributed by atoms with Crippen LogP contribution in [0.4, 0.5) is 0 Å². The molecule has 2 fully saturated rings. The van der Waals surface area contributed by atoms with Crippen LogP contribution >= 0.6 is 24.8 Å². The number of amides is 1. The topological polar surface area (TPSA) is 59.0 Å². The first-order chi connectivity index (χ1) is 10.3. The highest BCUT2D eigenvalue weighted by Gasteiger charge is 2.57. The number of imidazole rings is 1. The second-order valence-corrected chi connectivity index (χ2v) is 6.89. The maximum atomic E-state index is 12.3. The van der Waals surface area contributed by atoms with Crippen molar-refractivity contribution < 1.29 is 4.79 Å². The zero-order valence-corrected chi connectivity index (χ0v) is 15.0. The maximum absolute atomic E-state index is 12.3. The van der Waals surface area contributed by atoms with Gasteiger partial charge < -0.3 is 15.2 Å². The highest BCUT2D eigenvalue weighted by molar-refractivity contribution is 5.85. The number of carbonyl (C=O) groups is 1. The van der Waals surface area contributed by atoms with Crippen molar-refractivity contribution in [2.75, 3.05) is 13.1 Å². The van der Waals surface area contributed by atoms with Gasteiger partial charge in [0.05, 0.1) is 12.2 Å². The Labute approximate surface area is 149 Å². The number of hydrogen-bond acceptors (Lipinski definition) is 3. The Bertz CT molecular complexity index is 531. The maximum Gasteiger partial charge on any atom is 0.224 e. The molecule has 2 N–H and O–H groups in total. The molecule has 1 aliphatic carbocycles. The highest BCUT2D eigenvalue weighted by atomic mass is 35.5. The average Bonchev–Trinajstić information content (AvgIpc) is 3.04. The molecule has 1 saturated carbocycles. The summed E-state index contributed by atoms with van der Waals surface area (Å²) in [5.74, 6) is 1.67. The molecule has 1 aromatic rings. The number of piperidine rings is 1. The molecule has 1 unspecified atom stereocenters. The van der Waals surface area contributed by atoms with Crippen LogP contribution in [0.2, 0.25) is 0 Å². The molecule has 2 aliphatic heterocycles. The van der Waals surface area contributed by atoms with E-state index in [0.717, 1.165) is 51.0 Å². The van der Waals surface area contributed by atoms with Crippen molar-refractivity contribution in [1.82, 2.24) is 20.2 Å². The number of rotatable bonds is 3. The van der Waals surface area contributed by atoms with E-state index in [1.54, 1.807) is 0 Å². The van der Waals surface area contributed by atoms with Crippen LogP contribution in [-0.4, -0.2) is 28.5 Å². The van der Waals surface area contributed by atoms with Gasteiger partial charge in [-0.3, -0.25) is 4.79 Å². The van der Waals surface area contributed by atoms with Crippen LogP contribution in [0.25, 0.3) is 0 Å². The van der Waals surface area contributed by atoms with Crippen LogP contribution in [0.15, 0.2) is 6.20 Å². The Morgan fingerprint density at radius 3 is 2.87 bits per heavy atom. The number of fused-ring (bicyclic) bond motifs is 1. The van der Waals surface area contributed by atoms with E-state index in [9.17, 15) is 4.79 Å². The molecule has 7 heteroatoms. The Morgan fingerprint density at radius 1 is 1.35 bits per heavy atom. The summed E-state index contributed by atoms with van der Waals surface area (Å²) in [5.41, 5.74) is 1.34. The first-order valence-electron chi connectivity index (χ1n) is 8.30. The summed E-state index contributed by atoms with van der Waals surface area (Å²) < 4.78 is 2.25. The first kappa shape index (κ1) is 18.6. The van der Waals surface area contributed by atoms with Crippen LogP contribution in [0.1, 0.15) is 43.6 Å². The van der Waals surface area contributed by atoms with E-state index in [2.05, 4.69) is 26.4 Å². The van der Waals surface area contributed by atoms with E-state index in [0.29, 0.717) is 12.0 Å². The highest BCUT2D eigenvalue weighted by Crippen LogP contribution is 2.58. The fraction of sp³-hybridized carbons (Fsp3) is 0.750. The van der Waals surface area contributed by atoms with E-state index in [-0.39, 0.29) is 36.6 Å². The van der Waals surface area contributed by atoms with Gasteiger partial charge in [-0.2, -0.15) is 0 Å². The van der Waals surface area contributed by atoms with Gasteiger partial charge in [0.1, 0.15) is 5.82 Å². The summed E-state index contributed by atoms with van der Waals surface area (Å²) in [5, 5.41) is 6.49. The second-order valence-electron chi connectivity index (χ2n) is 6.89.